The maximum absolute atomic E-state index is 11.9. The molecule has 0 aliphatic carbocycles. The number of benzene rings is 1. The zero-order chi connectivity index (χ0) is 12.4. The van der Waals surface area contributed by atoms with Crippen LogP contribution in [0.3, 0.4) is 0 Å². The number of amides is 1. The standard InChI is InChI=1S/C13H19N3O/c1-9-8-15-16(13(9)17)12-5-3-4-11(7-12)6-10(2)14/h3-5,7,9-10,15H,6,8,14H2,1-2H3. The van der Waals surface area contributed by atoms with Gasteiger partial charge in [0.1, 0.15) is 0 Å². The first-order valence-corrected chi connectivity index (χ1v) is 6.00. The maximum atomic E-state index is 11.9. The summed E-state index contributed by atoms with van der Waals surface area (Å²) in [7, 11) is 0. The van der Waals surface area contributed by atoms with Crippen molar-refractivity contribution < 1.29 is 4.79 Å². The Morgan fingerprint density at radius 3 is 2.94 bits per heavy atom. The van der Waals surface area contributed by atoms with Crippen LogP contribution in [-0.4, -0.2) is 18.5 Å². The first-order chi connectivity index (χ1) is 8.08. The molecule has 17 heavy (non-hydrogen) atoms. The zero-order valence-corrected chi connectivity index (χ0v) is 10.3. The molecule has 0 radical (unpaired) electrons. The van der Waals surface area contributed by atoms with Crippen molar-refractivity contribution in [1.82, 2.24) is 5.43 Å². The highest BCUT2D eigenvalue weighted by atomic mass is 16.2. The van der Waals surface area contributed by atoms with Gasteiger partial charge in [0.25, 0.3) is 0 Å². The first kappa shape index (κ1) is 12.1. The van der Waals surface area contributed by atoms with Gasteiger partial charge < -0.3 is 5.73 Å². The summed E-state index contributed by atoms with van der Waals surface area (Å²) in [6, 6.07) is 8.09. The number of anilines is 1. The first-order valence-electron chi connectivity index (χ1n) is 6.00. The van der Waals surface area contributed by atoms with Gasteiger partial charge in [-0.05, 0) is 31.0 Å². The SMILES string of the molecule is CC(N)Cc1cccc(N2NCC(C)C2=O)c1. The molecule has 1 aliphatic heterocycles. The van der Waals surface area contributed by atoms with Crippen LogP contribution in [0.4, 0.5) is 5.69 Å². The van der Waals surface area contributed by atoms with Gasteiger partial charge in [-0.15, -0.1) is 0 Å². The molecule has 1 aromatic carbocycles. The summed E-state index contributed by atoms with van der Waals surface area (Å²) in [5, 5.41) is 1.63. The van der Waals surface area contributed by atoms with E-state index in [0.29, 0.717) is 6.54 Å². The molecule has 1 aliphatic rings. The number of hydrogen-bond donors (Lipinski definition) is 2. The van der Waals surface area contributed by atoms with Crippen molar-refractivity contribution >= 4 is 11.6 Å². The Balaban J connectivity index is 2.19. The van der Waals surface area contributed by atoms with Crippen LogP contribution in [-0.2, 0) is 11.2 Å². The third-order valence-electron chi connectivity index (χ3n) is 2.92. The lowest BCUT2D eigenvalue weighted by molar-refractivity contribution is -0.119. The molecule has 1 amide bonds. The Hall–Kier alpha value is -1.39. The van der Waals surface area contributed by atoms with Crippen LogP contribution in [0.5, 0.6) is 0 Å². The third kappa shape index (κ3) is 2.65. The van der Waals surface area contributed by atoms with Crippen molar-refractivity contribution in [2.24, 2.45) is 11.7 Å². The fourth-order valence-corrected chi connectivity index (χ4v) is 2.03. The van der Waals surface area contributed by atoms with E-state index in [4.69, 9.17) is 5.73 Å². The molecular formula is C13H19N3O. The number of carbonyl (C=O) groups is 1. The van der Waals surface area contributed by atoms with E-state index in [-0.39, 0.29) is 17.9 Å². The van der Waals surface area contributed by atoms with E-state index in [1.807, 2.05) is 38.1 Å². The average molecular weight is 233 g/mol. The molecule has 2 atom stereocenters. The molecule has 2 unspecified atom stereocenters. The normalized spacial score (nSPS) is 21.9. The lowest BCUT2D eigenvalue weighted by Crippen LogP contribution is -2.34. The van der Waals surface area contributed by atoms with Crippen molar-refractivity contribution in [2.45, 2.75) is 26.3 Å². The van der Waals surface area contributed by atoms with E-state index in [1.165, 1.54) is 0 Å². The Bertz CT molecular complexity index is 417. The van der Waals surface area contributed by atoms with Crippen molar-refractivity contribution in [1.29, 1.82) is 0 Å². The predicted molar refractivity (Wildman–Crippen MR) is 68.4 cm³/mol. The number of hydrazine groups is 1. The van der Waals surface area contributed by atoms with E-state index in [2.05, 4.69) is 5.43 Å². The highest BCUT2D eigenvalue weighted by Crippen LogP contribution is 2.20. The van der Waals surface area contributed by atoms with Gasteiger partial charge in [0, 0.05) is 12.6 Å². The van der Waals surface area contributed by atoms with Crippen LogP contribution >= 0.6 is 0 Å². The fourth-order valence-electron chi connectivity index (χ4n) is 2.03. The van der Waals surface area contributed by atoms with E-state index >= 15 is 0 Å². The van der Waals surface area contributed by atoms with Crippen LogP contribution < -0.4 is 16.2 Å². The average Bonchev–Trinajstić information content (AvgIpc) is 2.59. The second-order valence-corrected chi connectivity index (χ2v) is 4.79. The quantitative estimate of drug-likeness (QED) is 0.821. The van der Waals surface area contributed by atoms with Crippen LogP contribution in [0.15, 0.2) is 24.3 Å². The van der Waals surface area contributed by atoms with E-state index in [1.54, 1.807) is 5.01 Å². The summed E-state index contributed by atoms with van der Waals surface area (Å²) < 4.78 is 0. The minimum Gasteiger partial charge on any atom is -0.328 e. The van der Waals surface area contributed by atoms with Gasteiger partial charge in [-0.2, -0.15) is 0 Å². The van der Waals surface area contributed by atoms with Gasteiger partial charge >= 0.3 is 0 Å². The monoisotopic (exact) mass is 233 g/mol. The summed E-state index contributed by atoms with van der Waals surface area (Å²) in [5.74, 6) is 0.176. The van der Waals surface area contributed by atoms with Gasteiger partial charge in [-0.25, -0.2) is 10.4 Å². The summed E-state index contributed by atoms with van der Waals surface area (Å²) >= 11 is 0. The third-order valence-corrected chi connectivity index (χ3v) is 2.92. The molecule has 1 saturated heterocycles. The molecule has 1 fully saturated rings. The molecule has 0 saturated carbocycles. The van der Waals surface area contributed by atoms with Crippen molar-refractivity contribution in [3.63, 3.8) is 0 Å². The molecule has 92 valence electrons. The molecule has 2 rings (SSSR count). The topological polar surface area (TPSA) is 58.4 Å². The molecule has 4 nitrogen and oxygen atoms in total. The second-order valence-electron chi connectivity index (χ2n) is 4.79. The predicted octanol–water partition coefficient (Wildman–Crippen LogP) is 1.06. The van der Waals surface area contributed by atoms with Gasteiger partial charge in [0.05, 0.1) is 11.6 Å². The fraction of sp³-hybridized carbons (Fsp3) is 0.462. The second kappa shape index (κ2) is 4.85. The van der Waals surface area contributed by atoms with Crippen LogP contribution in [0.2, 0.25) is 0 Å². The lowest BCUT2D eigenvalue weighted by atomic mass is 10.1. The summed E-state index contributed by atoms with van der Waals surface area (Å²) in [4.78, 5) is 11.9. The number of nitrogens with two attached hydrogens (primary N) is 1. The number of rotatable bonds is 3. The van der Waals surface area contributed by atoms with E-state index < -0.39 is 0 Å². The molecule has 0 spiro atoms. The molecule has 0 bridgehead atoms. The molecular weight excluding hydrogens is 214 g/mol. The van der Waals surface area contributed by atoms with Crippen molar-refractivity contribution in [3.8, 4) is 0 Å². The van der Waals surface area contributed by atoms with Gasteiger partial charge in [-0.1, -0.05) is 19.1 Å². The molecule has 0 aromatic heterocycles. The largest absolute Gasteiger partial charge is 0.328 e. The number of nitrogens with one attached hydrogen (secondary N) is 1. The maximum Gasteiger partial charge on any atom is 0.245 e. The van der Waals surface area contributed by atoms with Crippen LogP contribution in [0.1, 0.15) is 19.4 Å². The van der Waals surface area contributed by atoms with E-state index in [0.717, 1.165) is 17.7 Å². The number of carbonyl (C=O) groups excluding carboxylic acids is 1. The summed E-state index contributed by atoms with van der Waals surface area (Å²) in [5.41, 5.74) is 10.9. The van der Waals surface area contributed by atoms with Crippen molar-refractivity contribution in [2.75, 3.05) is 11.6 Å². The molecule has 4 heteroatoms. The molecule has 1 aromatic rings. The smallest absolute Gasteiger partial charge is 0.245 e. The highest BCUT2D eigenvalue weighted by molar-refractivity contribution is 5.96. The lowest BCUT2D eigenvalue weighted by Gasteiger charge is -2.17. The zero-order valence-electron chi connectivity index (χ0n) is 10.3. The minimum atomic E-state index is 0.0482. The van der Waals surface area contributed by atoms with Gasteiger partial charge in [0.15, 0.2) is 0 Å². The summed E-state index contributed by atoms with van der Waals surface area (Å²) in [6.45, 7) is 4.62. The number of nitrogens with zero attached hydrogens (tertiary/aromatic N) is 1. The highest BCUT2D eigenvalue weighted by Gasteiger charge is 2.28. The number of hydrogen-bond acceptors (Lipinski definition) is 3. The van der Waals surface area contributed by atoms with Crippen molar-refractivity contribution in [3.05, 3.63) is 29.8 Å². The van der Waals surface area contributed by atoms with Crippen LogP contribution in [0, 0.1) is 5.92 Å². The van der Waals surface area contributed by atoms with Crippen LogP contribution in [0.25, 0.3) is 0 Å². The van der Waals surface area contributed by atoms with E-state index in [9.17, 15) is 4.79 Å². The Labute approximate surface area is 102 Å². The Morgan fingerprint density at radius 2 is 2.35 bits per heavy atom. The molecule has 1 heterocycles. The van der Waals surface area contributed by atoms with Gasteiger partial charge in [-0.3, -0.25) is 4.79 Å². The Morgan fingerprint density at radius 1 is 1.59 bits per heavy atom. The Kier molecular flexibility index (Phi) is 3.45. The molecule has 3 N–H and O–H groups in total. The van der Waals surface area contributed by atoms with Gasteiger partial charge in [0.2, 0.25) is 5.91 Å². The minimum absolute atomic E-state index is 0.0482. The summed E-state index contributed by atoms with van der Waals surface area (Å²) in [6.07, 6.45) is 0.825.